The third-order valence-corrected chi connectivity index (χ3v) is 7.09. The zero-order valence-corrected chi connectivity index (χ0v) is 21.1. The molecule has 7 heteroatoms. The van der Waals surface area contributed by atoms with Crippen LogP contribution in [-0.2, 0) is 14.2 Å². The van der Waals surface area contributed by atoms with Crippen LogP contribution in [-0.4, -0.2) is 25.4 Å². The van der Waals surface area contributed by atoms with Gasteiger partial charge >= 0.3 is 0 Å². The molecule has 2 aliphatic rings. The van der Waals surface area contributed by atoms with E-state index in [0.29, 0.717) is 13.2 Å². The van der Waals surface area contributed by atoms with Gasteiger partial charge < -0.3 is 14.2 Å². The summed E-state index contributed by atoms with van der Waals surface area (Å²) in [4.78, 5) is 0. The molecule has 0 radical (unpaired) electrons. The number of ether oxygens (including phenoxy) is 3. The molecular weight excluding hydrogens is 608 g/mol. The van der Waals surface area contributed by atoms with Crippen LogP contribution in [0.1, 0.15) is 34.5 Å². The van der Waals surface area contributed by atoms with E-state index in [2.05, 4.69) is 102 Å². The second-order valence-corrected chi connectivity index (χ2v) is 10.5. The molecule has 3 nitrogen and oxygen atoms in total. The first-order valence-electron chi connectivity index (χ1n) is 8.65. The van der Waals surface area contributed by atoms with Gasteiger partial charge in [0, 0.05) is 29.0 Å². The fourth-order valence-electron chi connectivity index (χ4n) is 3.45. The molecule has 2 aromatic rings. The van der Waals surface area contributed by atoms with E-state index >= 15 is 0 Å². The van der Waals surface area contributed by atoms with E-state index in [-0.39, 0.29) is 24.4 Å². The van der Waals surface area contributed by atoms with Crippen molar-refractivity contribution in [1.82, 2.24) is 0 Å². The first-order valence-corrected chi connectivity index (χ1v) is 11.8. The molecule has 2 saturated heterocycles. The average Bonchev–Trinajstić information content (AvgIpc) is 3.44. The number of halogens is 4. The minimum absolute atomic E-state index is 0.0666. The molecule has 2 heterocycles. The van der Waals surface area contributed by atoms with Crippen LogP contribution in [0.15, 0.2) is 42.2 Å². The first-order chi connectivity index (χ1) is 12.8. The van der Waals surface area contributed by atoms with E-state index in [1.165, 1.54) is 11.1 Å². The number of epoxide rings is 2. The lowest BCUT2D eigenvalue weighted by Gasteiger charge is -2.27. The van der Waals surface area contributed by atoms with E-state index in [9.17, 15) is 0 Å². The molecule has 144 valence electrons. The maximum absolute atomic E-state index is 6.73. The fourth-order valence-corrected chi connectivity index (χ4v) is 6.78. The molecule has 0 aliphatic carbocycles. The highest BCUT2D eigenvalue weighted by molar-refractivity contribution is 9.11. The third kappa shape index (κ3) is 4.55. The van der Waals surface area contributed by atoms with Crippen LogP contribution in [0.2, 0.25) is 0 Å². The molecule has 27 heavy (non-hydrogen) atoms. The van der Waals surface area contributed by atoms with Crippen molar-refractivity contribution in [1.29, 1.82) is 0 Å². The Kier molecular flexibility index (Phi) is 6.20. The lowest BCUT2D eigenvalue weighted by molar-refractivity contribution is -0.0431. The van der Waals surface area contributed by atoms with Gasteiger partial charge in [-0.2, -0.15) is 0 Å². The van der Waals surface area contributed by atoms with Crippen molar-refractivity contribution in [2.75, 3.05) is 13.2 Å². The van der Waals surface area contributed by atoms with Crippen molar-refractivity contribution in [3.8, 4) is 0 Å². The smallest absolute Gasteiger partial charge is 0.113 e. The minimum atomic E-state index is -0.156. The van der Waals surface area contributed by atoms with E-state index in [4.69, 9.17) is 14.2 Å². The average molecular weight is 626 g/mol. The van der Waals surface area contributed by atoms with E-state index < -0.39 is 0 Å². The van der Waals surface area contributed by atoms with Crippen LogP contribution >= 0.6 is 63.7 Å². The molecule has 4 rings (SSSR count). The third-order valence-electron chi connectivity index (χ3n) is 4.86. The molecule has 0 aromatic heterocycles. The van der Waals surface area contributed by atoms with Gasteiger partial charge in [-0.05, 0) is 49.2 Å². The van der Waals surface area contributed by atoms with Crippen molar-refractivity contribution < 1.29 is 14.2 Å². The quantitative estimate of drug-likeness (QED) is 0.326. The summed E-state index contributed by atoms with van der Waals surface area (Å²) in [5.41, 5.74) is 4.60. The van der Waals surface area contributed by atoms with Gasteiger partial charge in [-0.3, -0.25) is 0 Å². The minimum Gasteiger partial charge on any atom is -0.370 e. The topological polar surface area (TPSA) is 34.3 Å². The van der Waals surface area contributed by atoms with Crippen LogP contribution in [0.3, 0.4) is 0 Å². The highest BCUT2D eigenvalue weighted by atomic mass is 79.9. The standard InChI is InChI=1S/C20H18Br4O3/c1-9-3-11(21)5-13(23)17(9)19(15-7-25-15)27-20(16-8-26-16)18-10(2)4-12(22)6-14(18)24/h3-6,15-16,19-20H,7-8H2,1-2H3. The molecule has 0 spiro atoms. The Hall–Kier alpha value is 0.240. The SMILES string of the molecule is Cc1cc(Br)cc(Br)c1C(OC(c1c(C)cc(Br)cc1Br)C1CO1)C1CO1. The first kappa shape index (κ1) is 20.5. The molecule has 4 unspecified atom stereocenters. The number of hydrogen-bond acceptors (Lipinski definition) is 3. The summed E-state index contributed by atoms with van der Waals surface area (Å²) in [6.07, 6.45) is -0.179. The van der Waals surface area contributed by atoms with Gasteiger partial charge in [0.2, 0.25) is 0 Å². The Labute approximate surface area is 192 Å². The summed E-state index contributed by atoms with van der Waals surface area (Å²) in [7, 11) is 0. The second kappa shape index (κ2) is 8.17. The fraction of sp³-hybridized carbons (Fsp3) is 0.400. The largest absolute Gasteiger partial charge is 0.370 e. The zero-order valence-electron chi connectivity index (χ0n) is 14.8. The van der Waals surface area contributed by atoms with Gasteiger partial charge in [0.05, 0.1) is 13.2 Å². The summed E-state index contributed by atoms with van der Waals surface area (Å²) in [6, 6.07) is 8.35. The normalized spacial score (nSPS) is 23.2. The molecule has 2 fully saturated rings. The van der Waals surface area contributed by atoms with E-state index in [1.54, 1.807) is 0 Å². The Morgan fingerprint density at radius 2 is 1.15 bits per heavy atom. The highest BCUT2D eigenvalue weighted by Crippen LogP contribution is 2.46. The maximum atomic E-state index is 6.73. The summed E-state index contributed by atoms with van der Waals surface area (Å²) < 4.78 is 22.2. The molecule has 0 amide bonds. The Bertz CT molecular complexity index is 760. The second-order valence-electron chi connectivity index (χ2n) is 6.96. The van der Waals surface area contributed by atoms with Crippen molar-refractivity contribution in [3.05, 3.63) is 64.4 Å². The molecule has 2 aliphatic heterocycles. The van der Waals surface area contributed by atoms with Gasteiger partial charge in [-0.15, -0.1) is 0 Å². The van der Waals surface area contributed by atoms with Gasteiger partial charge in [0.15, 0.2) is 0 Å². The van der Waals surface area contributed by atoms with Crippen molar-refractivity contribution in [2.24, 2.45) is 0 Å². The predicted molar refractivity (Wildman–Crippen MR) is 119 cm³/mol. The predicted octanol–water partition coefficient (Wildman–Crippen LogP) is 6.95. The molecule has 2 aromatic carbocycles. The van der Waals surface area contributed by atoms with Crippen LogP contribution in [0, 0.1) is 13.8 Å². The van der Waals surface area contributed by atoms with Crippen molar-refractivity contribution in [3.63, 3.8) is 0 Å². The Morgan fingerprint density at radius 1 is 0.778 bits per heavy atom. The Balaban J connectivity index is 1.73. The lowest BCUT2D eigenvalue weighted by Crippen LogP contribution is -2.21. The molecule has 0 saturated carbocycles. The van der Waals surface area contributed by atoms with Crippen LogP contribution in [0.25, 0.3) is 0 Å². The van der Waals surface area contributed by atoms with Crippen LogP contribution in [0.5, 0.6) is 0 Å². The van der Waals surface area contributed by atoms with E-state index in [0.717, 1.165) is 29.0 Å². The summed E-state index contributed by atoms with van der Waals surface area (Å²) >= 11 is 14.6. The molecule has 0 bridgehead atoms. The van der Waals surface area contributed by atoms with Crippen molar-refractivity contribution >= 4 is 63.7 Å². The molecule has 4 atom stereocenters. The van der Waals surface area contributed by atoms with Crippen molar-refractivity contribution in [2.45, 2.75) is 38.3 Å². The number of benzene rings is 2. The van der Waals surface area contributed by atoms with Gasteiger partial charge in [0.25, 0.3) is 0 Å². The summed E-state index contributed by atoms with van der Waals surface area (Å²) in [5, 5.41) is 0. The highest BCUT2D eigenvalue weighted by Gasteiger charge is 2.44. The summed E-state index contributed by atoms with van der Waals surface area (Å²) in [5.74, 6) is 0. The maximum Gasteiger partial charge on any atom is 0.113 e. The zero-order chi connectivity index (χ0) is 19.3. The number of aryl methyl sites for hydroxylation is 2. The van der Waals surface area contributed by atoms with Gasteiger partial charge in [-0.25, -0.2) is 0 Å². The van der Waals surface area contributed by atoms with Gasteiger partial charge in [0.1, 0.15) is 24.4 Å². The number of rotatable bonds is 6. The van der Waals surface area contributed by atoms with Crippen LogP contribution in [0.4, 0.5) is 0 Å². The van der Waals surface area contributed by atoms with E-state index in [1.807, 2.05) is 0 Å². The van der Waals surface area contributed by atoms with Gasteiger partial charge in [-0.1, -0.05) is 63.7 Å². The summed E-state index contributed by atoms with van der Waals surface area (Å²) in [6.45, 7) is 5.64. The molecule has 0 N–H and O–H groups in total. The lowest BCUT2D eigenvalue weighted by atomic mass is 9.98. The van der Waals surface area contributed by atoms with Crippen LogP contribution < -0.4 is 0 Å². The molecular formula is C20H18Br4O3. The Morgan fingerprint density at radius 3 is 1.44 bits per heavy atom. The monoisotopic (exact) mass is 622 g/mol. The number of hydrogen-bond donors (Lipinski definition) is 0.